The second-order valence-corrected chi connectivity index (χ2v) is 4.97. The smallest absolute Gasteiger partial charge is 0.227 e. The summed E-state index contributed by atoms with van der Waals surface area (Å²) in [6, 6.07) is 12.2. The number of hydrogen-bond donors (Lipinski definition) is 1. The van der Waals surface area contributed by atoms with Gasteiger partial charge in [-0.2, -0.15) is 0 Å². The highest BCUT2D eigenvalue weighted by Crippen LogP contribution is 2.27. The Morgan fingerprint density at radius 3 is 2.95 bits per heavy atom. The first kappa shape index (κ1) is 12.0. The number of aryl methyl sites for hydroxylation is 2. The number of carbonyl (C=O) groups excluding carboxylic acids is 1. The molecule has 2 heterocycles. The van der Waals surface area contributed by atoms with Gasteiger partial charge in [-0.3, -0.25) is 4.79 Å². The predicted molar refractivity (Wildman–Crippen MR) is 76.2 cm³/mol. The van der Waals surface area contributed by atoms with Crippen molar-refractivity contribution in [1.29, 1.82) is 0 Å². The largest absolute Gasteiger partial charge is 0.365 e. The lowest BCUT2D eigenvalue weighted by Crippen LogP contribution is -2.35. The monoisotopic (exact) mass is 254 g/mol. The molecule has 2 aromatic rings. The summed E-state index contributed by atoms with van der Waals surface area (Å²) in [5.41, 5.74) is 3.52. The van der Waals surface area contributed by atoms with Gasteiger partial charge < -0.3 is 9.88 Å². The van der Waals surface area contributed by atoms with Crippen LogP contribution in [0, 0.1) is 0 Å². The number of fused-ring (bicyclic) bond motifs is 1. The van der Waals surface area contributed by atoms with Gasteiger partial charge in [0.1, 0.15) is 0 Å². The van der Waals surface area contributed by atoms with E-state index in [9.17, 15) is 4.79 Å². The lowest BCUT2D eigenvalue weighted by atomic mass is 10.0. The molecule has 0 atom stereocenters. The maximum Gasteiger partial charge on any atom is 0.227 e. The van der Waals surface area contributed by atoms with E-state index in [4.69, 9.17) is 0 Å². The summed E-state index contributed by atoms with van der Waals surface area (Å²) in [7, 11) is 0. The molecule has 0 radical (unpaired) electrons. The third-order valence-corrected chi connectivity index (χ3v) is 3.68. The number of rotatable bonds is 3. The molecule has 0 saturated heterocycles. The fourth-order valence-corrected chi connectivity index (χ4v) is 2.69. The Morgan fingerprint density at radius 2 is 2.11 bits per heavy atom. The maximum atomic E-state index is 12.4. The fraction of sp³-hybridized carbons (Fsp3) is 0.312. The number of nitrogens with one attached hydrogen (secondary N) is 1. The van der Waals surface area contributed by atoms with E-state index in [0.29, 0.717) is 6.42 Å². The number of H-pyrrole nitrogens is 1. The van der Waals surface area contributed by atoms with Crippen molar-refractivity contribution in [1.82, 2.24) is 4.98 Å². The van der Waals surface area contributed by atoms with Crippen LogP contribution in [-0.4, -0.2) is 17.4 Å². The van der Waals surface area contributed by atoms with Crippen molar-refractivity contribution in [3.63, 3.8) is 0 Å². The summed E-state index contributed by atoms with van der Waals surface area (Å²) in [6.45, 7) is 0.848. The van der Waals surface area contributed by atoms with Gasteiger partial charge in [0, 0.05) is 30.5 Å². The standard InChI is InChI=1S/C16H18N2O/c19-16(10-9-14-7-3-11-17-14)18-12-4-6-13-5-1-2-8-15(13)18/h1-3,5,7-8,11,17H,4,6,9-10,12H2. The average Bonchev–Trinajstić information content (AvgIpc) is 2.97. The molecule has 3 rings (SSSR count). The Hall–Kier alpha value is -2.03. The molecule has 0 fully saturated rings. The second-order valence-electron chi connectivity index (χ2n) is 4.97. The summed E-state index contributed by atoms with van der Waals surface area (Å²) in [5.74, 6) is 0.224. The van der Waals surface area contributed by atoms with Gasteiger partial charge in [-0.15, -0.1) is 0 Å². The number of anilines is 1. The zero-order valence-corrected chi connectivity index (χ0v) is 10.9. The molecule has 0 aliphatic carbocycles. The Labute approximate surface area is 113 Å². The third kappa shape index (κ3) is 2.55. The molecule has 0 saturated carbocycles. The molecular weight excluding hydrogens is 236 g/mol. The van der Waals surface area contributed by atoms with E-state index >= 15 is 0 Å². The number of carbonyl (C=O) groups is 1. The molecule has 0 spiro atoms. The van der Waals surface area contributed by atoms with Gasteiger partial charge >= 0.3 is 0 Å². The summed E-state index contributed by atoms with van der Waals surface area (Å²) in [6.07, 6.45) is 5.39. The number of benzene rings is 1. The minimum Gasteiger partial charge on any atom is -0.365 e. The Morgan fingerprint density at radius 1 is 1.21 bits per heavy atom. The van der Waals surface area contributed by atoms with Crippen LogP contribution < -0.4 is 4.90 Å². The zero-order chi connectivity index (χ0) is 13.1. The van der Waals surface area contributed by atoms with E-state index in [1.54, 1.807) is 0 Å². The van der Waals surface area contributed by atoms with Crippen LogP contribution in [0.4, 0.5) is 5.69 Å². The maximum absolute atomic E-state index is 12.4. The van der Waals surface area contributed by atoms with E-state index in [-0.39, 0.29) is 5.91 Å². The highest BCUT2D eigenvalue weighted by molar-refractivity contribution is 5.94. The number of aromatic nitrogens is 1. The van der Waals surface area contributed by atoms with Crippen LogP contribution in [0.5, 0.6) is 0 Å². The number of aromatic amines is 1. The summed E-state index contributed by atoms with van der Waals surface area (Å²) in [5, 5.41) is 0. The van der Waals surface area contributed by atoms with Gasteiger partial charge in [-0.25, -0.2) is 0 Å². The molecule has 1 aromatic heterocycles. The number of para-hydroxylation sites is 1. The van der Waals surface area contributed by atoms with E-state index in [0.717, 1.165) is 37.2 Å². The van der Waals surface area contributed by atoms with Crippen LogP contribution in [-0.2, 0) is 17.6 Å². The number of hydrogen-bond acceptors (Lipinski definition) is 1. The van der Waals surface area contributed by atoms with Gasteiger partial charge in [-0.05, 0) is 43.0 Å². The van der Waals surface area contributed by atoms with Crippen molar-refractivity contribution < 1.29 is 4.79 Å². The Kier molecular flexibility index (Phi) is 3.36. The van der Waals surface area contributed by atoms with Crippen LogP contribution in [0.2, 0.25) is 0 Å². The fourth-order valence-electron chi connectivity index (χ4n) is 2.69. The first-order chi connectivity index (χ1) is 9.34. The molecule has 1 aliphatic rings. The quantitative estimate of drug-likeness (QED) is 0.898. The second kappa shape index (κ2) is 5.31. The summed E-state index contributed by atoms with van der Waals surface area (Å²) >= 11 is 0. The number of amides is 1. The van der Waals surface area contributed by atoms with Crippen LogP contribution in [0.1, 0.15) is 24.1 Å². The predicted octanol–water partition coefficient (Wildman–Crippen LogP) is 2.93. The molecule has 19 heavy (non-hydrogen) atoms. The van der Waals surface area contributed by atoms with Crippen molar-refractivity contribution in [2.45, 2.75) is 25.7 Å². The first-order valence-corrected chi connectivity index (χ1v) is 6.85. The van der Waals surface area contributed by atoms with Crippen molar-refractivity contribution in [3.05, 3.63) is 53.9 Å². The molecule has 98 valence electrons. The van der Waals surface area contributed by atoms with E-state index in [1.165, 1.54) is 5.56 Å². The highest BCUT2D eigenvalue weighted by Gasteiger charge is 2.21. The lowest BCUT2D eigenvalue weighted by molar-refractivity contribution is -0.118. The minimum atomic E-state index is 0.224. The molecule has 3 heteroatoms. The van der Waals surface area contributed by atoms with Gasteiger partial charge in [0.25, 0.3) is 0 Å². The molecular formula is C16H18N2O. The lowest BCUT2D eigenvalue weighted by Gasteiger charge is -2.29. The summed E-state index contributed by atoms with van der Waals surface area (Å²) in [4.78, 5) is 17.5. The van der Waals surface area contributed by atoms with Crippen molar-refractivity contribution in [2.24, 2.45) is 0 Å². The van der Waals surface area contributed by atoms with Crippen molar-refractivity contribution in [2.75, 3.05) is 11.4 Å². The minimum absolute atomic E-state index is 0.224. The Bertz CT molecular complexity index is 560. The van der Waals surface area contributed by atoms with Gasteiger partial charge in [0.15, 0.2) is 0 Å². The van der Waals surface area contributed by atoms with Gasteiger partial charge in [-0.1, -0.05) is 18.2 Å². The third-order valence-electron chi connectivity index (χ3n) is 3.68. The van der Waals surface area contributed by atoms with Gasteiger partial charge in [0.2, 0.25) is 5.91 Å². The summed E-state index contributed by atoms with van der Waals surface area (Å²) < 4.78 is 0. The topological polar surface area (TPSA) is 36.1 Å². The van der Waals surface area contributed by atoms with E-state index in [1.807, 2.05) is 35.4 Å². The normalized spacial score (nSPS) is 14.2. The van der Waals surface area contributed by atoms with E-state index < -0.39 is 0 Å². The Balaban J connectivity index is 1.71. The highest BCUT2D eigenvalue weighted by atomic mass is 16.2. The molecule has 3 nitrogen and oxygen atoms in total. The molecule has 1 N–H and O–H groups in total. The van der Waals surface area contributed by atoms with Crippen LogP contribution in [0.3, 0.4) is 0 Å². The molecule has 1 aromatic carbocycles. The average molecular weight is 254 g/mol. The molecule has 0 bridgehead atoms. The molecule has 1 aliphatic heterocycles. The molecule has 0 unspecified atom stereocenters. The van der Waals surface area contributed by atoms with Crippen LogP contribution in [0.15, 0.2) is 42.6 Å². The van der Waals surface area contributed by atoms with Crippen LogP contribution in [0.25, 0.3) is 0 Å². The number of nitrogens with zero attached hydrogens (tertiary/aromatic N) is 1. The van der Waals surface area contributed by atoms with Crippen molar-refractivity contribution in [3.8, 4) is 0 Å². The SMILES string of the molecule is O=C(CCc1ccc[nH]1)N1CCCc2ccccc21. The van der Waals surface area contributed by atoms with E-state index in [2.05, 4.69) is 17.1 Å². The molecule has 1 amide bonds. The first-order valence-electron chi connectivity index (χ1n) is 6.85. The van der Waals surface area contributed by atoms with Crippen molar-refractivity contribution >= 4 is 11.6 Å². The van der Waals surface area contributed by atoms with Crippen LogP contribution >= 0.6 is 0 Å². The zero-order valence-electron chi connectivity index (χ0n) is 10.9. The van der Waals surface area contributed by atoms with Gasteiger partial charge in [0.05, 0.1) is 0 Å².